The molecule has 118 valence electrons. The van der Waals surface area contributed by atoms with Gasteiger partial charge in [0.2, 0.25) is 0 Å². The van der Waals surface area contributed by atoms with Gasteiger partial charge in [0.25, 0.3) is 0 Å². The van der Waals surface area contributed by atoms with Crippen LogP contribution >= 0.6 is 11.6 Å². The Kier molecular flexibility index (Phi) is 6.11. The predicted octanol–water partition coefficient (Wildman–Crippen LogP) is 1.94. The number of morpholine rings is 1. The average molecular weight is 316 g/mol. The molecular weight excluding hydrogens is 294 g/mol. The summed E-state index contributed by atoms with van der Waals surface area (Å²) in [4.78, 5) is 2.32. The van der Waals surface area contributed by atoms with E-state index in [1.165, 1.54) is 0 Å². The molecule has 1 N–H and O–H groups in total. The Morgan fingerprint density at radius 2 is 2.29 bits per heavy atom. The molecule has 2 rings (SSSR count). The van der Waals surface area contributed by atoms with Gasteiger partial charge in [0.05, 0.1) is 25.3 Å². The van der Waals surface area contributed by atoms with Crippen molar-refractivity contribution < 1.29 is 19.3 Å². The predicted molar refractivity (Wildman–Crippen MR) is 81.3 cm³/mol. The quantitative estimate of drug-likeness (QED) is 0.869. The summed E-state index contributed by atoms with van der Waals surface area (Å²) < 4.78 is 16.8. The third-order valence-corrected chi connectivity index (χ3v) is 3.84. The Balaban J connectivity index is 2.02. The molecule has 1 heterocycles. The lowest BCUT2D eigenvalue weighted by Crippen LogP contribution is -2.44. The number of nitrogens with zero attached hydrogens (tertiary/aromatic N) is 1. The molecule has 1 fully saturated rings. The summed E-state index contributed by atoms with van der Waals surface area (Å²) in [6.07, 6.45) is 0.0250. The third kappa shape index (κ3) is 4.23. The summed E-state index contributed by atoms with van der Waals surface area (Å²) in [5.74, 6) is 1.02. The van der Waals surface area contributed by atoms with Crippen LogP contribution in [-0.2, 0) is 11.3 Å². The van der Waals surface area contributed by atoms with Gasteiger partial charge in [0.15, 0.2) is 11.5 Å². The SMILES string of the molecule is CCN1CCOC(COc2c(Cl)cc(CO)cc2OC)C1. The lowest BCUT2D eigenvalue weighted by Gasteiger charge is -2.32. The Morgan fingerprint density at radius 1 is 1.48 bits per heavy atom. The molecular formula is C15H22ClNO4. The van der Waals surface area contributed by atoms with Crippen molar-refractivity contribution in [2.75, 3.05) is 40.0 Å². The van der Waals surface area contributed by atoms with Crippen LogP contribution in [0.4, 0.5) is 0 Å². The topological polar surface area (TPSA) is 51.2 Å². The van der Waals surface area contributed by atoms with Gasteiger partial charge in [-0.1, -0.05) is 18.5 Å². The van der Waals surface area contributed by atoms with E-state index >= 15 is 0 Å². The lowest BCUT2D eigenvalue weighted by molar-refractivity contribution is -0.0466. The molecule has 0 aliphatic carbocycles. The molecule has 1 aromatic carbocycles. The first-order valence-corrected chi connectivity index (χ1v) is 7.49. The van der Waals surface area contributed by atoms with Crippen LogP contribution in [0.3, 0.4) is 0 Å². The maximum Gasteiger partial charge on any atom is 0.179 e. The van der Waals surface area contributed by atoms with E-state index < -0.39 is 0 Å². The van der Waals surface area contributed by atoms with Gasteiger partial charge in [-0.2, -0.15) is 0 Å². The number of aliphatic hydroxyl groups excluding tert-OH is 1. The lowest BCUT2D eigenvalue weighted by atomic mass is 10.2. The molecule has 0 aromatic heterocycles. The molecule has 1 aliphatic rings. The number of likely N-dealkylation sites (N-methyl/N-ethyl adjacent to an activating group) is 1. The van der Waals surface area contributed by atoms with Crippen molar-refractivity contribution in [1.82, 2.24) is 4.90 Å². The van der Waals surface area contributed by atoms with Crippen LogP contribution in [-0.4, -0.2) is 56.1 Å². The summed E-state index contributed by atoms with van der Waals surface area (Å²) in [6, 6.07) is 3.40. The number of benzene rings is 1. The largest absolute Gasteiger partial charge is 0.493 e. The highest BCUT2D eigenvalue weighted by Gasteiger charge is 2.21. The number of rotatable bonds is 6. The van der Waals surface area contributed by atoms with Crippen LogP contribution in [0.2, 0.25) is 5.02 Å². The zero-order chi connectivity index (χ0) is 15.2. The fraction of sp³-hybridized carbons (Fsp3) is 0.600. The zero-order valence-corrected chi connectivity index (χ0v) is 13.2. The molecule has 1 aliphatic heterocycles. The molecule has 1 atom stereocenters. The second kappa shape index (κ2) is 7.84. The number of aliphatic hydroxyl groups is 1. The van der Waals surface area contributed by atoms with Crippen molar-refractivity contribution in [1.29, 1.82) is 0 Å². The molecule has 0 radical (unpaired) electrons. The molecule has 0 spiro atoms. The smallest absolute Gasteiger partial charge is 0.179 e. The van der Waals surface area contributed by atoms with Crippen molar-refractivity contribution in [3.8, 4) is 11.5 Å². The van der Waals surface area contributed by atoms with Crippen LogP contribution in [0.25, 0.3) is 0 Å². The van der Waals surface area contributed by atoms with Gasteiger partial charge in [0, 0.05) is 13.1 Å². The summed E-state index contributed by atoms with van der Waals surface area (Å²) in [7, 11) is 1.55. The number of hydrogen-bond donors (Lipinski definition) is 1. The van der Waals surface area contributed by atoms with E-state index in [4.69, 9.17) is 25.8 Å². The van der Waals surface area contributed by atoms with Crippen LogP contribution < -0.4 is 9.47 Å². The van der Waals surface area contributed by atoms with Crippen molar-refractivity contribution in [2.45, 2.75) is 19.6 Å². The maximum absolute atomic E-state index is 9.18. The number of hydrogen-bond acceptors (Lipinski definition) is 5. The fourth-order valence-corrected chi connectivity index (χ4v) is 2.64. The highest BCUT2D eigenvalue weighted by Crippen LogP contribution is 2.36. The van der Waals surface area contributed by atoms with Gasteiger partial charge in [-0.3, -0.25) is 4.90 Å². The monoisotopic (exact) mass is 315 g/mol. The van der Waals surface area contributed by atoms with E-state index in [1.807, 2.05) is 0 Å². The molecule has 1 unspecified atom stereocenters. The standard InChI is InChI=1S/C15H22ClNO4/c1-3-17-4-5-20-12(8-17)10-21-15-13(16)6-11(9-18)7-14(15)19-2/h6-7,12,18H,3-5,8-10H2,1-2H3. The minimum Gasteiger partial charge on any atom is -0.493 e. The Hall–Kier alpha value is -1.01. The van der Waals surface area contributed by atoms with Gasteiger partial charge in [-0.05, 0) is 24.2 Å². The molecule has 0 saturated carbocycles. The Morgan fingerprint density at radius 3 is 2.95 bits per heavy atom. The zero-order valence-electron chi connectivity index (χ0n) is 12.5. The molecule has 1 saturated heterocycles. The third-order valence-electron chi connectivity index (χ3n) is 3.56. The van der Waals surface area contributed by atoms with Crippen LogP contribution in [0.15, 0.2) is 12.1 Å². The number of halogens is 1. The highest BCUT2D eigenvalue weighted by atomic mass is 35.5. The van der Waals surface area contributed by atoms with Crippen LogP contribution in [0.1, 0.15) is 12.5 Å². The molecule has 0 amide bonds. The molecule has 5 nitrogen and oxygen atoms in total. The van der Waals surface area contributed by atoms with Crippen molar-refractivity contribution in [2.24, 2.45) is 0 Å². The van der Waals surface area contributed by atoms with E-state index in [1.54, 1.807) is 19.2 Å². The first-order chi connectivity index (χ1) is 10.2. The maximum atomic E-state index is 9.18. The van der Waals surface area contributed by atoms with Crippen molar-refractivity contribution in [3.63, 3.8) is 0 Å². The first-order valence-electron chi connectivity index (χ1n) is 7.12. The summed E-state index contributed by atoms with van der Waals surface area (Å²) >= 11 is 6.20. The fourth-order valence-electron chi connectivity index (χ4n) is 2.35. The Bertz CT molecular complexity index is 469. The molecule has 1 aromatic rings. The van der Waals surface area contributed by atoms with Gasteiger partial charge >= 0.3 is 0 Å². The average Bonchev–Trinajstić information content (AvgIpc) is 2.53. The first kappa shape index (κ1) is 16.4. The summed E-state index contributed by atoms with van der Waals surface area (Å²) in [5, 5.41) is 9.61. The summed E-state index contributed by atoms with van der Waals surface area (Å²) in [5.41, 5.74) is 0.690. The second-order valence-electron chi connectivity index (χ2n) is 4.96. The minimum absolute atomic E-state index is 0.0250. The normalized spacial score (nSPS) is 19.5. The number of methoxy groups -OCH3 is 1. The minimum atomic E-state index is -0.0897. The van der Waals surface area contributed by atoms with Crippen LogP contribution in [0.5, 0.6) is 11.5 Å². The van der Waals surface area contributed by atoms with Gasteiger partial charge in [-0.25, -0.2) is 0 Å². The van der Waals surface area contributed by atoms with Gasteiger partial charge in [0.1, 0.15) is 12.7 Å². The molecule has 0 bridgehead atoms. The van der Waals surface area contributed by atoms with Gasteiger partial charge < -0.3 is 19.3 Å². The van der Waals surface area contributed by atoms with E-state index in [-0.39, 0.29) is 12.7 Å². The van der Waals surface area contributed by atoms with E-state index in [0.717, 1.165) is 26.2 Å². The number of ether oxygens (including phenoxy) is 3. The van der Waals surface area contributed by atoms with E-state index in [9.17, 15) is 5.11 Å². The Labute approximate surface area is 130 Å². The summed E-state index contributed by atoms with van der Waals surface area (Å²) in [6.45, 7) is 6.01. The van der Waals surface area contributed by atoms with E-state index in [2.05, 4.69) is 11.8 Å². The van der Waals surface area contributed by atoms with E-state index in [0.29, 0.717) is 28.7 Å². The van der Waals surface area contributed by atoms with Crippen LogP contribution in [0, 0.1) is 0 Å². The highest BCUT2D eigenvalue weighted by molar-refractivity contribution is 6.32. The van der Waals surface area contributed by atoms with Crippen molar-refractivity contribution >= 4 is 11.6 Å². The van der Waals surface area contributed by atoms with Gasteiger partial charge in [-0.15, -0.1) is 0 Å². The molecule has 21 heavy (non-hydrogen) atoms. The van der Waals surface area contributed by atoms with Crippen molar-refractivity contribution in [3.05, 3.63) is 22.7 Å². The second-order valence-corrected chi connectivity index (χ2v) is 5.37. The molecule has 6 heteroatoms.